The van der Waals surface area contributed by atoms with Gasteiger partial charge in [-0.05, 0) is 42.9 Å². The van der Waals surface area contributed by atoms with Crippen LogP contribution < -0.4 is 4.90 Å². The first-order valence-electron chi connectivity index (χ1n) is 6.25. The van der Waals surface area contributed by atoms with E-state index in [1.165, 1.54) is 4.90 Å². The lowest BCUT2D eigenvalue weighted by Crippen LogP contribution is -2.36. The molecule has 1 amide bonds. The molecule has 3 nitrogen and oxygen atoms in total. The highest BCUT2D eigenvalue weighted by Gasteiger charge is 2.50. The number of carbonyl (C=O) groups is 1. The van der Waals surface area contributed by atoms with Crippen LogP contribution in [0.5, 0.6) is 0 Å². The number of thioether (sulfide) groups is 1. The van der Waals surface area contributed by atoms with Gasteiger partial charge in [-0.15, -0.1) is 11.8 Å². The maximum Gasteiger partial charge on any atom is 0.235 e. The van der Waals surface area contributed by atoms with Gasteiger partial charge in [0.25, 0.3) is 0 Å². The van der Waals surface area contributed by atoms with Crippen LogP contribution in [0.3, 0.4) is 0 Å². The van der Waals surface area contributed by atoms with Crippen LogP contribution in [-0.2, 0) is 4.79 Å². The molecule has 1 aromatic carbocycles. The molecule has 0 aromatic heterocycles. The maximum atomic E-state index is 12.2. The van der Waals surface area contributed by atoms with Gasteiger partial charge in [0.1, 0.15) is 0 Å². The second-order valence-electron chi connectivity index (χ2n) is 4.73. The van der Waals surface area contributed by atoms with Crippen molar-refractivity contribution in [3.8, 4) is 0 Å². The van der Waals surface area contributed by atoms with Gasteiger partial charge in [-0.25, -0.2) is 0 Å². The number of aliphatic hydroxyl groups is 1. The van der Waals surface area contributed by atoms with Crippen molar-refractivity contribution in [1.29, 1.82) is 0 Å². The van der Waals surface area contributed by atoms with Crippen LogP contribution in [0.4, 0.5) is 5.69 Å². The van der Waals surface area contributed by atoms with Crippen LogP contribution in [0, 0.1) is 5.41 Å². The lowest BCUT2D eigenvalue weighted by molar-refractivity contribution is -0.124. The van der Waals surface area contributed by atoms with Gasteiger partial charge < -0.3 is 10.0 Å². The van der Waals surface area contributed by atoms with Gasteiger partial charge in [0.15, 0.2) is 0 Å². The van der Waals surface area contributed by atoms with E-state index in [0.717, 1.165) is 24.3 Å². The number of benzene rings is 1. The number of rotatable bonds is 5. The molecule has 0 aliphatic heterocycles. The minimum absolute atomic E-state index is 0.0286. The molecule has 0 radical (unpaired) electrons. The van der Waals surface area contributed by atoms with Gasteiger partial charge in [0.05, 0.1) is 12.0 Å². The first-order valence-corrected chi connectivity index (χ1v) is 7.23. The molecular weight excluding hydrogens is 246 g/mol. The minimum Gasteiger partial charge on any atom is -0.395 e. The summed E-state index contributed by atoms with van der Waals surface area (Å²) >= 11 is 1.78. The van der Waals surface area contributed by atoms with E-state index in [4.69, 9.17) is 0 Å². The molecule has 2 rings (SSSR count). The summed E-state index contributed by atoms with van der Waals surface area (Å²) in [5.41, 5.74) is 0.395. The average molecular weight is 265 g/mol. The molecule has 18 heavy (non-hydrogen) atoms. The quantitative estimate of drug-likeness (QED) is 0.832. The van der Waals surface area contributed by atoms with Crippen LogP contribution in [0.25, 0.3) is 0 Å². The highest BCUT2D eigenvalue weighted by molar-refractivity contribution is 7.99. The molecule has 1 N–H and O–H groups in total. The van der Waals surface area contributed by atoms with E-state index in [0.29, 0.717) is 0 Å². The van der Waals surface area contributed by atoms with E-state index in [2.05, 4.69) is 6.92 Å². The van der Waals surface area contributed by atoms with Crippen LogP contribution >= 0.6 is 11.8 Å². The Balaban J connectivity index is 2.09. The van der Waals surface area contributed by atoms with E-state index in [1.807, 2.05) is 24.3 Å². The third-order valence-corrected chi connectivity index (χ3v) is 4.34. The van der Waals surface area contributed by atoms with Crippen LogP contribution in [0.2, 0.25) is 0 Å². The van der Waals surface area contributed by atoms with Crippen LogP contribution in [0.1, 0.15) is 19.8 Å². The van der Waals surface area contributed by atoms with Gasteiger partial charge in [-0.1, -0.05) is 6.92 Å². The molecule has 1 saturated carbocycles. The fourth-order valence-electron chi connectivity index (χ4n) is 2.00. The Morgan fingerprint density at radius 1 is 1.39 bits per heavy atom. The molecule has 1 aliphatic carbocycles. The third kappa shape index (κ3) is 2.54. The smallest absolute Gasteiger partial charge is 0.235 e. The summed E-state index contributed by atoms with van der Waals surface area (Å²) in [7, 11) is 1.78. The maximum absolute atomic E-state index is 12.2. The van der Waals surface area contributed by atoms with Crippen molar-refractivity contribution in [1.82, 2.24) is 0 Å². The summed E-state index contributed by atoms with van der Waals surface area (Å²) in [6.45, 7) is 2.08. The summed E-state index contributed by atoms with van der Waals surface area (Å²) in [6.07, 6.45) is 1.60. The van der Waals surface area contributed by atoms with Crippen molar-refractivity contribution in [2.45, 2.75) is 24.7 Å². The summed E-state index contributed by atoms with van der Waals surface area (Å²) in [4.78, 5) is 15.1. The predicted molar refractivity (Wildman–Crippen MR) is 75.0 cm³/mol. The third-order valence-electron chi connectivity index (χ3n) is 3.45. The van der Waals surface area contributed by atoms with E-state index < -0.39 is 5.41 Å². The molecule has 98 valence electrons. The average Bonchev–Trinajstić information content (AvgIpc) is 3.19. The number of carbonyl (C=O) groups excluding carboxylic acids is 1. The number of anilines is 1. The van der Waals surface area contributed by atoms with Crippen molar-refractivity contribution in [3.05, 3.63) is 24.3 Å². The molecule has 1 aromatic rings. The zero-order chi connectivity index (χ0) is 13.2. The topological polar surface area (TPSA) is 40.5 Å². The zero-order valence-electron chi connectivity index (χ0n) is 10.8. The minimum atomic E-state index is -0.494. The zero-order valence-corrected chi connectivity index (χ0v) is 11.7. The van der Waals surface area contributed by atoms with Crippen LogP contribution in [0.15, 0.2) is 29.2 Å². The highest BCUT2D eigenvalue weighted by atomic mass is 32.2. The molecular formula is C14H19NO2S. The second-order valence-corrected chi connectivity index (χ2v) is 6.07. The Kier molecular flexibility index (Phi) is 3.97. The highest BCUT2D eigenvalue weighted by Crippen LogP contribution is 2.47. The second kappa shape index (κ2) is 5.33. The summed E-state index contributed by atoms with van der Waals surface area (Å²) in [5, 5.41) is 9.29. The lowest BCUT2D eigenvalue weighted by Gasteiger charge is -2.22. The van der Waals surface area contributed by atoms with Crippen molar-refractivity contribution in [2.24, 2.45) is 5.41 Å². The van der Waals surface area contributed by atoms with Crippen LogP contribution in [-0.4, -0.2) is 30.4 Å². The molecule has 4 heteroatoms. The monoisotopic (exact) mass is 265 g/mol. The van der Waals surface area contributed by atoms with E-state index in [-0.39, 0.29) is 12.5 Å². The Hall–Kier alpha value is -1.00. The molecule has 0 unspecified atom stereocenters. The van der Waals surface area contributed by atoms with Gasteiger partial charge in [-0.2, -0.15) is 0 Å². The molecule has 0 spiro atoms. The molecule has 1 aliphatic rings. The number of nitrogens with zero attached hydrogens (tertiary/aromatic N) is 1. The van der Waals surface area contributed by atoms with Gasteiger partial charge in [0.2, 0.25) is 5.91 Å². The molecule has 0 bridgehead atoms. The predicted octanol–water partition coefficient (Wildman–Crippen LogP) is 2.53. The number of aliphatic hydroxyl groups excluding tert-OH is 1. The van der Waals surface area contributed by atoms with E-state index in [9.17, 15) is 9.90 Å². The standard InChI is InChI=1S/C14H19NO2S/c1-3-18-12-6-4-11(5-7-12)15(2)13(17)14(10-16)8-9-14/h4-7,16H,3,8-10H2,1-2H3. The largest absolute Gasteiger partial charge is 0.395 e. The molecule has 0 saturated heterocycles. The Morgan fingerprint density at radius 2 is 2.00 bits per heavy atom. The Labute approximate surface area is 112 Å². The molecule has 0 heterocycles. The fourth-order valence-corrected chi connectivity index (χ4v) is 2.66. The Morgan fingerprint density at radius 3 is 2.44 bits per heavy atom. The van der Waals surface area contributed by atoms with Gasteiger partial charge in [-0.3, -0.25) is 4.79 Å². The number of hydrogen-bond donors (Lipinski definition) is 1. The lowest BCUT2D eigenvalue weighted by atomic mass is 10.1. The fraction of sp³-hybridized carbons (Fsp3) is 0.500. The summed E-state index contributed by atoms with van der Waals surface area (Å²) in [6, 6.07) is 7.99. The molecule has 1 fully saturated rings. The number of hydrogen-bond acceptors (Lipinski definition) is 3. The number of amides is 1. The first-order chi connectivity index (χ1) is 8.63. The summed E-state index contributed by atoms with van der Waals surface area (Å²) < 4.78 is 0. The Bertz CT molecular complexity index is 426. The van der Waals surface area contributed by atoms with E-state index >= 15 is 0 Å². The normalized spacial score (nSPS) is 16.4. The van der Waals surface area contributed by atoms with Gasteiger partial charge >= 0.3 is 0 Å². The SMILES string of the molecule is CCSc1ccc(N(C)C(=O)C2(CO)CC2)cc1. The first kappa shape index (κ1) is 13.4. The van der Waals surface area contributed by atoms with Crippen molar-refractivity contribution in [3.63, 3.8) is 0 Å². The van der Waals surface area contributed by atoms with Crippen molar-refractivity contribution >= 4 is 23.4 Å². The summed E-state index contributed by atoms with van der Waals surface area (Å²) in [5.74, 6) is 1.07. The van der Waals surface area contributed by atoms with Gasteiger partial charge in [0, 0.05) is 17.6 Å². The molecule has 0 atom stereocenters. The van der Waals surface area contributed by atoms with E-state index in [1.54, 1.807) is 23.7 Å². The van der Waals surface area contributed by atoms with Crippen molar-refractivity contribution < 1.29 is 9.90 Å². The van der Waals surface area contributed by atoms with Crippen molar-refractivity contribution in [2.75, 3.05) is 24.3 Å².